The molecule has 2 saturated heterocycles. The maximum atomic E-state index is 12.6. The number of benzene rings is 1. The highest BCUT2D eigenvalue weighted by Gasteiger charge is 2.50. The van der Waals surface area contributed by atoms with E-state index in [4.69, 9.17) is 0 Å². The Morgan fingerprint density at radius 1 is 1.18 bits per heavy atom. The number of sulfonamides is 2. The summed E-state index contributed by atoms with van der Waals surface area (Å²) in [5, 5.41) is 0. The molecule has 0 bridgehead atoms. The van der Waals surface area contributed by atoms with E-state index in [1.807, 2.05) is 0 Å². The molecule has 1 amide bonds. The zero-order chi connectivity index (χ0) is 21.1. The van der Waals surface area contributed by atoms with E-state index in [-0.39, 0.29) is 39.8 Å². The molecule has 1 aromatic rings. The zero-order valence-corrected chi connectivity index (χ0v) is 18.1. The normalized spacial score (nSPS) is 25.9. The van der Waals surface area contributed by atoms with E-state index in [2.05, 4.69) is 4.72 Å². The standard InChI is InChI=1S/C16H22N2O7S3/c1-11-8-13(18-15(19)16(2,3)10-27(18,22)23)4-5-14(11)28(24,25)17-12-6-7-26(20,21)9-12/h4-5,8,12,17H,6-7,9-10H2,1-3H3/t12-/m1/s1. The van der Waals surface area contributed by atoms with E-state index in [1.165, 1.54) is 39.0 Å². The fourth-order valence-electron chi connectivity index (χ4n) is 3.49. The van der Waals surface area contributed by atoms with Gasteiger partial charge in [-0.05, 0) is 51.0 Å². The van der Waals surface area contributed by atoms with Gasteiger partial charge in [-0.15, -0.1) is 0 Å². The minimum atomic E-state index is -4.00. The van der Waals surface area contributed by atoms with Crippen LogP contribution in [-0.2, 0) is 34.7 Å². The van der Waals surface area contributed by atoms with Crippen molar-refractivity contribution in [3.63, 3.8) is 0 Å². The Bertz CT molecular complexity index is 1150. The molecule has 3 rings (SSSR count). The molecule has 1 atom stereocenters. The first kappa shape index (κ1) is 21.2. The SMILES string of the molecule is Cc1cc(N2C(=O)C(C)(C)CS2(=O)=O)ccc1S(=O)(=O)N[C@@H]1CCS(=O)(=O)C1. The Labute approximate surface area is 165 Å². The van der Waals surface area contributed by atoms with Crippen LogP contribution < -0.4 is 9.03 Å². The van der Waals surface area contributed by atoms with Crippen molar-refractivity contribution in [2.45, 2.75) is 38.1 Å². The van der Waals surface area contributed by atoms with Crippen LogP contribution in [-0.4, -0.2) is 54.5 Å². The summed E-state index contributed by atoms with van der Waals surface area (Å²) in [6.45, 7) is 4.57. The molecule has 0 spiro atoms. The molecule has 28 heavy (non-hydrogen) atoms. The van der Waals surface area contributed by atoms with Gasteiger partial charge in [0.25, 0.3) is 0 Å². The molecule has 0 aliphatic carbocycles. The molecular formula is C16H22N2O7S3. The van der Waals surface area contributed by atoms with Gasteiger partial charge in [0.05, 0.1) is 33.3 Å². The van der Waals surface area contributed by atoms with Crippen molar-refractivity contribution in [2.75, 3.05) is 21.6 Å². The molecule has 0 aromatic heterocycles. The van der Waals surface area contributed by atoms with Gasteiger partial charge in [0.15, 0.2) is 9.84 Å². The molecule has 9 nitrogen and oxygen atoms in total. The van der Waals surface area contributed by atoms with Gasteiger partial charge in [-0.25, -0.2) is 34.3 Å². The minimum absolute atomic E-state index is 0.0666. The molecule has 2 aliphatic heterocycles. The van der Waals surface area contributed by atoms with Gasteiger partial charge in [0.2, 0.25) is 26.0 Å². The van der Waals surface area contributed by atoms with Crippen LogP contribution >= 0.6 is 0 Å². The van der Waals surface area contributed by atoms with Gasteiger partial charge in [0.1, 0.15) is 0 Å². The van der Waals surface area contributed by atoms with Crippen LogP contribution in [0.15, 0.2) is 23.1 Å². The highest BCUT2D eigenvalue weighted by Crippen LogP contribution is 2.36. The fraction of sp³-hybridized carbons (Fsp3) is 0.562. The number of sulfone groups is 1. The second-order valence-corrected chi connectivity index (χ2v) is 13.6. The van der Waals surface area contributed by atoms with Crippen molar-refractivity contribution in [3.05, 3.63) is 23.8 Å². The van der Waals surface area contributed by atoms with Crippen LogP contribution in [0.2, 0.25) is 0 Å². The van der Waals surface area contributed by atoms with Gasteiger partial charge >= 0.3 is 0 Å². The van der Waals surface area contributed by atoms with Crippen molar-refractivity contribution in [2.24, 2.45) is 5.41 Å². The number of anilines is 1. The van der Waals surface area contributed by atoms with Crippen LogP contribution in [0.25, 0.3) is 0 Å². The second-order valence-electron chi connectivity index (χ2n) is 7.88. The highest BCUT2D eigenvalue weighted by molar-refractivity contribution is 7.94. The fourth-order valence-corrected chi connectivity index (χ4v) is 8.87. The third-order valence-electron chi connectivity index (χ3n) is 4.82. The number of carbonyl (C=O) groups is 1. The first-order valence-corrected chi connectivity index (χ1v) is 13.5. The largest absolute Gasteiger partial charge is 0.273 e. The average Bonchev–Trinajstić information content (AvgIpc) is 2.91. The molecule has 0 saturated carbocycles. The third-order valence-corrected chi connectivity index (χ3v) is 10.3. The third kappa shape index (κ3) is 3.82. The number of nitrogens with zero attached hydrogens (tertiary/aromatic N) is 1. The molecule has 1 aromatic carbocycles. The average molecular weight is 451 g/mol. The molecule has 1 N–H and O–H groups in total. The van der Waals surface area contributed by atoms with Gasteiger partial charge in [-0.2, -0.15) is 0 Å². The number of carbonyl (C=O) groups excluding carboxylic acids is 1. The molecule has 2 fully saturated rings. The van der Waals surface area contributed by atoms with Crippen LogP contribution in [0.5, 0.6) is 0 Å². The molecule has 12 heteroatoms. The summed E-state index contributed by atoms with van der Waals surface area (Å²) in [5.41, 5.74) is -0.735. The quantitative estimate of drug-likeness (QED) is 0.690. The van der Waals surface area contributed by atoms with Gasteiger partial charge in [-0.3, -0.25) is 4.79 Å². The van der Waals surface area contributed by atoms with E-state index in [0.717, 1.165) is 0 Å². The number of hydrogen-bond donors (Lipinski definition) is 1. The summed E-state index contributed by atoms with van der Waals surface area (Å²) in [7, 11) is -11.1. The first-order valence-electron chi connectivity index (χ1n) is 8.55. The number of aryl methyl sites for hydroxylation is 1. The van der Waals surface area contributed by atoms with E-state index in [0.29, 0.717) is 4.31 Å². The van der Waals surface area contributed by atoms with Crippen molar-refractivity contribution in [3.8, 4) is 0 Å². The van der Waals surface area contributed by atoms with Gasteiger partial charge in [0, 0.05) is 6.04 Å². The Kier molecular flexibility index (Phi) is 4.93. The van der Waals surface area contributed by atoms with Crippen LogP contribution in [0.1, 0.15) is 25.8 Å². The zero-order valence-electron chi connectivity index (χ0n) is 15.7. The van der Waals surface area contributed by atoms with E-state index >= 15 is 0 Å². The summed E-state index contributed by atoms with van der Waals surface area (Å²) in [6.07, 6.45) is 0.203. The van der Waals surface area contributed by atoms with Crippen molar-refractivity contribution < 1.29 is 30.0 Å². The lowest BCUT2D eigenvalue weighted by atomic mass is 9.95. The van der Waals surface area contributed by atoms with Crippen molar-refractivity contribution in [1.82, 2.24) is 4.72 Å². The second kappa shape index (κ2) is 6.51. The highest BCUT2D eigenvalue weighted by atomic mass is 32.2. The monoisotopic (exact) mass is 450 g/mol. The summed E-state index contributed by atoms with van der Waals surface area (Å²) in [5.74, 6) is -1.21. The first-order chi connectivity index (χ1) is 12.6. The summed E-state index contributed by atoms with van der Waals surface area (Å²) >= 11 is 0. The molecule has 0 unspecified atom stereocenters. The number of amides is 1. The van der Waals surface area contributed by atoms with Crippen LogP contribution in [0.4, 0.5) is 5.69 Å². The van der Waals surface area contributed by atoms with E-state index in [1.54, 1.807) is 0 Å². The predicted molar refractivity (Wildman–Crippen MR) is 104 cm³/mol. The Balaban J connectivity index is 1.92. The summed E-state index contributed by atoms with van der Waals surface area (Å²) < 4.78 is 76.2. The van der Waals surface area contributed by atoms with Crippen LogP contribution in [0, 0.1) is 12.3 Å². The number of nitrogens with one attached hydrogen (secondary N) is 1. The van der Waals surface area contributed by atoms with Crippen molar-refractivity contribution >= 4 is 41.5 Å². The molecule has 156 valence electrons. The Morgan fingerprint density at radius 2 is 1.82 bits per heavy atom. The molecular weight excluding hydrogens is 428 g/mol. The topological polar surface area (TPSA) is 135 Å². The lowest BCUT2D eigenvalue weighted by molar-refractivity contribution is -0.123. The molecule has 0 radical (unpaired) electrons. The number of hydrogen-bond acceptors (Lipinski definition) is 7. The summed E-state index contributed by atoms with van der Waals surface area (Å²) in [6, 6.07) is 3.13. The van der Waals surface area contributed by atoms with Gasteiger partial charge in [-0.1, -0.05) is 0 Å². The van der Waals surface area contributed by atoms with Gasteiger partial charge < -0.3 is 0 Å². The van der Waals surface area contributed by atoms with Crippen molar-refractivity contribution in [1.29, 1.82) is 0 Å². The number of rotatable bonds is 4. The maximum Gasteiger partial charge on any atom is 0.247 e. The Hall–Kier alpha value is -1.50. The van der Waals surface area contributed by atoms with E-state index in [9.17, 15) is 30.0 Å². The van der Waals surface area contributed by atoms with E-state index < -0.39 is 47.2 Å². The van der Waals surface area contributed by atoms with Crippen LogP contribution in [0.3, 0.4) is 0 Å². The lowest BCUT2D eigenvalue weighted by Gasteiger charge is -2.19. The smallest absolute Gasteiger partial charge is 0.247 e. The lowest BCUT2D eigenvalue weighted by Crippen LogP contribution is -2.36. The minimum Gasteiger partial charge on any atom is -0.273 e. The maximum absolute atomic E-state index is 12.6. The summed E-state index contributed by atoms with van der Waals surface area (Å²) in [4.78, 5) is 12.4. The predicted octanol–water partition coefficient (Wildman–Crippen LogP) is 0.163. The molecule has 2 aliphatic rings. The Morgan fingerprint density at radius 3 is 2.29 bits per heavy atom. The molecule has 2 heterocycles.